The molecule has 0 radical (unpaired) electrons. The van der Waals surface area contributed by atoms with E-state index in [4.69, 9.17) is 0 Å². The lowest BCUT2D eigenvalue weighted by molar-refractivity contribution is -0.136. The first-order chi connectivity index (χ1) is 10.2. The molecule has 3 rings (SSSR count). The van der Waals surface area contributed by atoms with E-state index < -0.39 is 0 Å². The van der Waals surface area contributed by atoms with Gasteiger partial charge in [-0.3, -0.25) is 4.79 Å². The van der Waals surface area contributed by atoms with Crippen molar-refractivity contribution in [3.05, 3.63) is 30.1 Å². The quantitative estimate of drug-likeness (QED) is 0.896. The molecule has 2 saturated heterocycles. The number of para-hydroxylation sites is 1. The number of carbonyl (C=O) groups is 1. The molecule has 4 nitrogen and oxygen atoms in total. The minimum absolute atomic E-state index is 0.102. The standard InChI is InChI=1S/C16H22FN3O/c1-12-13(6-7-18-12)16(21)20-10-8-19(9-11-20)15-5-3-2-4-14(15)17/h2-5,12-13,18H,6-11H2,1H3. The van der Waals surface area contributed by atoms with Crippen LogP contribution in [0.5, 0.6) is 0 Å². The summed E-state index contributed by atoms with van der Waals surface area (Å²) in [5, 5.41) is 3.32. The minimum Gasteiger partial charge on any atom is -0.366 e. The SMILES string of the molecule is CC1NCCC1C(=O)N1CCN(c2ccccc2F)CC1. The minimum atomic E-state index is -0.189. The summed E-state index contributed by atoms with van der Waals surface area (Å²) in [7, 11) is 0. The number of rotatable bonds is 2. The van der Waals surface area contributed by atoms with E-state index in [1.54, 1.807) is 12.1 Å². The number of hydrogen-bond donors (Lipinski definition) is 1. The van der Waals surface area contributed by atoms with Crippen molar-refractivity contribution in [1.29, 1.82) is 0 Å². The molecule has 1 N–H and O–H groups in total. The third-order valence-electron chi connectivity index (χ3n) is 4.63. The number of anilines is 1. The number of piperazine rings is 1. The summed E-state index contributed by atoms with van der Waals surface area (Å²) in [5.41, 5.74) is 0.639. The van der Waals surface area contributed by atoms with Crippen molar-refractivity contribution >= 4 is 11.6 Å². The van der Waals surface area contributed by atoms with E-state index in [1.165, 1.54) is 6.07 Å². The molecular weight excluding hydrogens is 269 g/mol. The van der Waals surface area contributed by atoms with Gasteiger partial charge in [0, 0.05) is 32.2 Å². The zero-order valence-electron chi connectivity index (χ0n) is 12.4. The highest BCUT2D eigenvalue weighted by atomic mass is 19.1. The molecule has 21 heavy (non-hydrogen) atoms. The number of halogens is 1. The lowest BCUT2D eigenvalue weighted by atomic mass is 10.00. The molecule has 2 aliphatic rings. The van der Waals surface area contributed by atoms with Gasteiger partial charge < -0.3 is 15.1 Å². The zero-order valence-corrected chi connectivity index (χ0v) is 12.4. The molecule has 1 amide bonds. The van der Waals surface area contributed by atoms with E-state index in [0.717, 1.165) is 13.0 Å². The maximum absolute atomic E-state index is 13.8. The molecule has 0 spiro atoms. The molecule has 5 heteroatoms. The molecule has 0 aromatic heterocycles. The maximum atomic E-state index is 13.8. The van der Waals surface area contributed by atoms with Gasteiger partial charge in [0.2, 0.25) is 5.91 Å². The van der Waals surface area contributed by atoms with E-state index in [2.05, 4.69) is 12.2 Å². The Morgan fingerprint density at radius 3 is 2.57 bits per heavy atom. The molecule has 114 valence electrons. The molecule has 0 aliphatic carbocycles. The topological polar surface area (TPSA) is 35.6 Å². The largest absolute Gasteiger partial charge is 0.366 e. The third-order valence-corrected chi connectivity index (χ3v) is 4.63. The van der Waals surface area contributed by atoms with Crippen LogP contribution in [0.25, 0.3) is 0 Å². The fourth-order valence-electron chi connectivity index (χ4n) is 3.31. The molecule has 1 aromatic carbocycles. The first kappa shape index (κ1) is 14.3. The van der Waals surface area contributed by atoms with Crippen molar-refractivity contribution in [2.45, 2.75) is 19.4 Å². The second-order valence-electron chi connectivity index (χ2n) is 5.90. The fraction of sp³-hybridized carbons (Fsp3) is 0.562. The lowest BCUT2D eigenvalue weighted by Gasteiger charge is -2.37. The summed E-state index contributed by atoms with van der Waals surface area (Å²) in [6.45, 7) is 5.74. The van der Waals surface area contributed by atoms with Crippen molar-refractivity contribution in [2.75, 3.05) is 37.6 Å². The van der Waals surface area contributed by atoms with Crippen LogP contribution in [0.15, 0.2) is 24.3 Å². The van der Waals surface area contributed by atoms with Gasteiger partial charge in [0.05, 0.1) is 11.6 Å². The van der Waals surface area contributed by atoms with Crippen molar-refractivity contribution in [2.24, 2.45) is 5.92 Å². The predicted octanol–water partition coefficient (Wildman–Crippen LogP) is 1.47. The fourth-order valence-corrected chi connectivity index (χ4v) is 3.31. The Labute approximate surface area is 124 Å². The van der Waals surface area contributed by atoms with Gasteiger partial charge in [-0.1, -0.05) is 12.1 Å². The Hall–Kier alpha value is -1.62. The van der Waals surface area contributed by atoms with Gasteiger partial charge in [0.25, 0.3) is 0 Å². The van der Waals surface area contributed by atoms with Crippen molar-refractivity contribution in [3.8, 4) is 0 Å². The first-order valence-electron chi connectivity index (χ1n) is 7.68. The Morgan fingerprint density at radius 2 is 1.95 bits per heavy atom. The van der Waals surface area contributed by atoms with Gasteiger partial charge in [0.1, 0.15) is 5.82 Å². The van der Waals surface area contributed by atoms with Gasteiger partial charge in [0.15, 0.2) is 0 Å². The summed E-state index contributed by atoms with van der Waals surface area (Å²) in [4.78, 5) is 16.5. The monoisotopic (exact) mass is 291 g/mol. The third kappa shape index (κ3) is 2.88. The maximum Gasteiger partial charge on any atom is 0.227 e. The van der Waals surface area contributed by atoms with Gasteiger partial charge >= 0.3 is 0 Å². The van der Waals surface area contributed by atoms with E-state index in [9.17, 15) is 9.18 Å². The average molecular weight is 291 g/mol. The van der Waals surface area contributed by atoms with Crippen LogP contribution in [-0.2, 0) is 4.79 Å². The molecular formula is C16H22FN3O. The van der Waals surface area contributed by atoms with Gasteiger partial charge in [-0.05, 0) is 32.0 Å². The number of nitrogens with zero attached hydrogens (tertiary/aromatic N) is 2. The molecule has 0 saturated carbocycles. The molecule has 2 unspecified atom stereocenters. The van der Waals surface area contributed by atoms with Gasteiger partial charge in [-0.25, -0.2) is 4.39 Å². The van der Waals surface area contributed by atoms with Crippen LogP contribution in [0.2, 0.25) is 0 Å². The Bertz CT molecular complexity index is 514. The number of amides is 1. The van der Waals surface area contributed by atoms with Crippen LogP contribution in [0.1, 0.15) is 13.3 Å². The van der Waals surface area contributed by atoms with Crippen LogP contribution < -0.4 is 10.2 Å². The molecule has 1 aromatic rings. The summed E-state index contributed by atoms with van der Waals surface area (Å²) >= 11 is 0. The smallest absolute Gasteiger partial charge is 0.227 e. The second kappa shape index (κ2) is 6.02. The lowest BCUT2D eigenvalue weighted by Crippen LogP contribution is -2.51. The van der Waals surface area contributed by atoms with E-state index in [1.807, 2.05) is 15.9 Å². The number of benzene rings is 1. The van der Waals surface area contributed by atoms with Crippen LogP contribution in [0.3, 0.4) is 0 Å². The molecule has 2 fully saturated rings. The van der Waals surface area contributed by atoms with Crippen molar-refractivity contribution in [1.82, 2.24) is 10.2 Å². The van der Waals surface area contributed by atoms with Crippen molar-refractivity contribution < 1.29 is 9.18 Å². The second-order valence-corrected chi connectivity index (χ2v) is 5.90. The number of hydrogen-bond acceptors (Lipinski definition) is 3. The van der Waals surface area contributed by atoms with Gasteiger partial charge in [-0.2, -0.15) is 0 Å². The molecule has 0 bridgehead atoms. The van der Waals surface area contributed by atoms with E-state index in [-0.39, 0.29) is 23.7 Å². The highest BCUT2D eigenvalue weighted by Gasteiger charge is 2.34. The van der Waals surface area contributed by atoms with Crippen LogP contribution in [0, 0.1) is 11.7 Å². The van der Waals surface area contributed by atoms with E-state index >= 15 is 0 Å². The van der Waals surface area contributed by atoms with Crippen LogP contribution >= 0.6 is 0 Å². The zero-order chi connectivity index (χ0) is 14.8. The summed E-state index contributed by atoms with van der Waals surface area (Å²) in [5.74, 6) is 0.164. The molecule has 2 heterocycles. The number of carbonyl (C=O) groups excluding carboxylic acids is 1. The summed E-state index contributed by atoms with van der Waals surface area (Å²) in [6, 6.07) is 7.10. The van der Waals surface area contributed by atoms with Crippen molar-refractivity contribution in [3.63, 3.8) is 0 Å². The highest BCUT2D eigenvalue weighted by molar-refractivity contribution is 5.80. The van der Waals surface area contributed by atoms with Crippen LogP contribution in [-0.4, -0.2) is 49.6 Å². The van der Waals surface area contributed by atoms with Crippen LogP contribution in [0.4, 0.5) is 10.1 Å². The highest BCUT2D eigenvalue weighted by Crippen LogP contribution is 2.22. The number of nitrogens with one attached hydrogen (secondary N) is 1. The van der Waals surface area contributed by atoms with Gasteiger partial charge in [-0.15, -0.1) is 0 Å². The predicted molar refractivity (Wildman–Crippen MR) is 80.8 cm³/mol. The normalized spacial score (nSPS) is 26.2. The average Bonchev–Trinajstić information content (AvgIpc) is 2.93. The first-order valence-corrected chi connectivity index (χ1v) is 7.68. The van der Waals surface area contributed by atoms with E-state index in [0.29, 0.717) is 31.9 Å². The Kier molecular flexibility index (Phi) is 4.10. The molecule has 2 atom stereocenters. The Balaban J connectivity index is 1.60. The Morgan fingerprint density at radius 1 is 1.24 bits per heavy atom. The summed E-state index contributed by atoms with van der Waals surface area (Å²) in [6.07, 6.45) is 0.924. The molecule has 2 aliphatic heterocycles. The summed E-state index contributed by atoms with van der Waals surface area (Å²) < 4.78 is 13.8.